The Morgan fingerprint density at radius 1 is 0.507 bits per heavy atom. The summed E-state index contributed by atoms with van der Waals surface area (Å²) in [7, 11) is 4.54. The fourth-order valence-corrected chi connectivity index (χ4v) is 6.06. The van der Waals surface area contributed by atoms with Crippen LogP contribution in [0, 0.1) is 22.2 Å². The van der Waals surface area contributed by atoms with Crippen LogP contribution in [0.15, 0.2) is 48.5 Å². The van der Waals surface area contributed by atoms with E-state index in [1.807, 2.05) is 41.5 Å². The van der Waals surface area contributed by atoms with E-state index in [9.17, 15) is 33.9 Å². The van der Waals surface area contributed by atoms with Gasteiger partial charge in [0.1, 0.15) is 17.3 Å². The van der Waals surface area contributed by atoms with Gasteiger partial charge in [0, 0.05) is 32.9 Å². The molecule has 1 atom stereocenters. The summed E-state index contributed by atoms with van der Waals surface area (Å²) in [6.45, 7) is 26.0. The largest absolute Gasteiger partial charge is 0.504 e. The van der Waals surface area contributed by atoms with E-state index in [1.54, 1.807) is 77.5 Å². The summed E-state index contributed by atoms with van der Waals surface area (Å²) in [5.41, 5.74) is 0.478. The standard InChI is InChI=1S/C20H30O4.C19H28O4.C18H26O4/c1-6-7-8-9-12-24-17-11-10-15(13-18(17)23-5)16(21)14-19(22)20(2,3)4;1-7-13(2)12-23-16-9-8-14(10-17(16)22-6)15(20)11-18(21)19(3,4)5;1-6-7-8-12-9-13(10-15(22-5)17(12)21)14(19)11-16(20)18(2,3)4/h10-11,13H,6-9,12,14H2,1-5H3;8-10,13H,7,11-12H2,1-6H3;9-10,21H,6-8,11H2,1-5H3. The zero-order chi connectivity index (χ0) is 52.7. The lowest BCUT2D eigenvalue weighted by Crippen LogP contribution is -2.23. The maximum atomic E-state index is 12.3. The molecule has 1 unspecified atom stereocenters. The first-order valence-corrected chi connectivity index (χ1v) is 24.4. The number of ketones is 6. The molecule has 0 aliphatic heterocycles. The van der Waals surface area contributed by atoms with Gasteiger partial charge in [0.15, 0.2) is 51.8 Å². The van der Waals surface area contributed by atoms with Gasteiger partial charge in [-0.15, -0.1) is 0 Å². The van der Waals surface area contributed by atoms with Crippen LogP contribution in [0.5, 0.6) is 34.5 Å². The number of phenols is 1. The number of ether oxygens (including phenoxy) is 5. The van der Waals surface area contributed by atoms with E-state index in [4.69, 9.17) is 23.7 Å². The number of hydrogen-bond donors (Lipinski definition) is 1. The number of unbranched alkanes of at least 4 members (excludes halogenated alkanes) is 4. The fourth-order valence-electron chi connectivity index (χ4n) is 6.06. The topological polar surface area (TPSA) is 169 Å². The Hall–Kier alpha value is -5.52. The van der Waals surface area contributed by atoms with Crippen molar-refractivity contribution >= 4 is 34.7 Å². The van der Waals surface area contributed by atoms with Crippen LogP contribution in [0.4, 0.5) is 0 Å². The van der Waals surface area contributed by atoms with Gasteiger partial charge in [-0.3, -0.25) is 28.8 Å². The molecule has 0 bridgehead atoms. The van der Waals surface area contributed by atoms with Gasteiger partial charge in [0.05, 0.1) is 53.8 Å². The number of carbonyl (C=O) groups is 6. The van der Waals surface area contributed by atoms with Gasteiger partial charge in [-0.1, -0.05) is 122 Å². The normalized spacial score (nSPS) is 11.7. The molecule has 0 spiro atoms. The van der Waals surface area contributed by atoms with Gasteiger partial charge in [-0.25, -0.2) is 0 Å². The number of methoxy groups -OCH3 is 3. The summed E-state index contributed by atoms with van der Waals surface area (Å²) in [6.07, 6.45) is 7.82. The summed E-state index contributed by atoms with van der Waals surface area (Å²) in [5.74, 6) is 2.23. The van der Waals surface area contributed by atoms with E-state index in [-0.39, 0.29) is 65.5 Å². The van der Waals surface area contributed by atoms with E-state index < -0.39 is 16.2 Å². The van der Waals surface area contributed by atoms with E-state index in [0.717, 1.165) is 32.1 Å². The molecule has 0 fully saturated rings. The number of aryl methyl sites for hydroxylation is 1. The van der Waals surface area contributed by atoms with Crippen molar-refractivity contribution in [3.8, 4) is 34.5 Å². The van der Waals surface area contributed by atoms with Gasteiger partial charge in [0.25, 0.3) is 0 Å². The maximum Gasteiger partial charge on any atom is 0.170 e. The highest BCUT2D eigenvalue weighted by atomic mass is 16.5. The van der Waals surface area contributed by atoms with Crippen LogP contribution in [0.2, 0.25) is 0 Å². The van der Waals surface area contributed by atoms with Crippen LogP contribution in [0.25, 0.3) is 0 Å². The lowest BCUT2D eigenvalue weighted by molar-refractivity contribution is -0.126. The van der Waals surface area contributed by atoms with Crippen molar-refractivity contribution in [1.29, 1.82) is 0 Å². The first-order valence-electron chi connectivity index (χ1n) is 24.4. The second-order valence-electron chi connectivity index (χ2n) is 20.6. The molecule has 0 radical (unpaired) electrons. The first-order chi connectivity index (χ1) is 32.2. The average Bonchev–Trinajstić information content (AvgIpc) is 3.29. The van der Waals surface area contributed by atoms with Crippen LogP contribution in [-0.4, -0.2) is 74.3 Å². The van der Waals surface area contributed by atoms with E-state index in [2.05, 4.69) is 27.7 Å². The highest BCUT2D eigenvalue weighted by Crippen LogP contribution is 2.34. The minimum atomic E-state index is -0.540. The molecule has 69 heavy (non-hydrogen) atoms. The Bertz CT molecular complexity index is 2150. The molecule has 12 nitrogen and oxygen atoms in total. The highest BCUT2D eigenvalue weighted by molar-refractivity contribution is 6.11. The van der Waals surface area contributed by atoms with Crippen molar-refractivity contribution in [2.45, 2.75) is 161 Å². The van der Waals surface area contributed by atoms with Gasteiger partial charge in [-0.2, -0.15) is 0 Å². The molecule has 384 valence electrons. The second-order valence-corrected chi connectivity index (χ2v) is 20.6. The third kappa shape index (κ3) is 21.8. The quantitative estimate of drug-likeness (QED) is 0.0485. The van der Waals surface area contributed by atoms with Gasteiger partial charge >= 0.3 is 0 Å². The van der Waals surface area contributed by atoms with Crippen molar-refractivity contribution in [2.24, 2.45) is 22.2 Å². The van der Waals surface area contributed by atoms with Crippen molar-refractivity contribution in [2.75, 3.05) is 34.5 Å². The zero-order valence-corrected chi connectivity index (χ0v) is 44.8. The predicted molar refractivity (Wildman–Crippen MR) is 274 cm³/mol. The summed E-state index contributed by atoms with van der Waals surface area (Å²) in [4.78, 5) is 73.0. The van der Waals surface area contributed by atoms with Crippen molar-refractivity contribution in [3.05, 3.63) is 70.8 Å². The third-order valence-corrected chi connectivity index (χ3v) is 11.4. The van der Waals surface area contributed by atoms with Crippen LogP contribution < -0.4 is 23.7 Å². The SMILES string of the molecule is CCC(C)COc1ccc(C(=O)CC(=O)C(C)(C)C)cc1OC.CCCCCCOc1ccc(C(=O)CC(=O)C(C)(C)C)cc1OC.CCCCc1cc(C(=O)CC(=O)C(C)(C)C)cc(OC)c1O. The summed E-state index contributed by atoms with van der Waals surface area (Å²) < 4.78 is 27.3. The van der Waals surface area contributed by atoms with E-state index in [0.29, 0.717) is 70.8 Å². The second kappa shape index (κ2) is 29.5. The Labute approximate surface area is 413 Å². The Morgan fingerprint density at radius 3 is 1.30 bits per heavy atom. The van der Waals surface area contributed by atoms with Crippen LogP contribution in [0.1, 0.15) is 191 Å². The van der Waals surface area contributed by atoms with Crippen LogP contribution >= 0.6 is 0 Å². The molecule has 0 aromatic heterocycles. The Balaban J connectivity index is 0.000000518. The molecule has 1 N–H and O–H groups in total. The minimum absolute atomic E-state index is 0.0669. The molecule has 0 amide bonds. The zero-order valence-electron chi connectivity index (χ0n) is 44.8. The molecule has 0 aliphatic rings. The van der Waals surface area contributed by atoms with Gasteiger partial charge < -0.3 is 28.8 Å². The molecule has 0 saturated heterocycles. The lowest BCUT2D eigenvalue weighted by Gasteiger charge is -2.17. The Morgan fingerprint density at radius 2 is 0.913 bits per heavy atom. The number of hydrogen-bond acceptors (Lipinski definition) is 12. The number of benzene rings is 3. The molecule has 3 aromatic carbocycles. The summed E-state index contributed by atoms with van der Waals surface area (Å²) >= 11 is 0. The molecule has 3 rings (SSSR count). The molecule has 3 aromatic rings. The molecule has 12 heteroatoms. The van der Waals surface area contributed by atoms with Crippen molar-refractivity contribution in [3.63, 3.8) is 0 Å². The van der Waals surface area contributed by atoms with Gasteiger partial charge in [0.2, 0.25) is 0 Å². The number of rotatable bonds is 25. The molecule has 0 saturated carbocycles. The van der Waals surface area contributed by atoms with E-state index >= 15 is 0 Å². The third-order valence-electron chi connectivity index (χ3n) is 11.4. The summed E-state index contributed by atoms with van der Waals surface area (Å²) in [6, 6.07) is 13.3. The smallest absolute Gasteiger partial charge is 0.170 e. The van der Waals surface area contributed by atoms with Gasteiger partial charge in [-0.05, 0) is 79.3 Å². The summed E-state index contributed by atoms with van der Waals surface area (Å²) in [5, 5.41) is 10.1. The number of Topliss-reactive ketones (excluding diaryl/α,β-unsaturated/α-hetero) is 6. The molecule has 0 heterocycles. The molecular weight excluding hydrogens is 877 g/mol. The highest BCUT2D eigenvalue weighted by Gasteiger charge is 2.27. The van der Waals surface area contributed by atoms with Crippen LogP contribution in [0.3, 0.4) is 0 Å². The number of phenolic OH excluding ortho intramolecular Hbond substituents is 1. The molecule has 0 aliphatic carbocycles. The Kier molecular flexibility index (Phi) is 26.3. The maximum absolute atomic E-state index is 12.3. The minimum Gasteiger partial charge on any atom is -0.504 e. The first kappa shape index (κ1) is 61.5. The fraction of sp³-hybridized carbons (Fsp3) is 0.579. The average molecular weight is 961 g/mol. The number of aromatic hydroxyl groups is 1. The van der Waals surface area contributed by atoms with E-state index in [1.165, 1.54) is 26.0 Å². The number of carbonyl (C=O) groups excluding carboxylic acids is 6. The van der Waals surface area contributed by atoms with Crippen molar-refractivity contribution in [1.82, 2.24) is 0 Å². The predicted octanol–water partition coefficient (Wildman–Crippen LogP) is 13.1. The van der Waals surface area contributed by atoms with Crippen molar-refractivity contribution < 1.29 is 57.6 Å². The van der Waals surface area contributed by atoms with Crippen LogP contribution in [-0.2, 0) is 20.8 Å². The lowest BCUT2D eigenvalue weighted by atomic mass is 9.86. The monoisotopic (exact) mass is 961 g/mol. The molecular formula is C57H84O12.